The number of likely N-dealkylation sites (N-methyl/N-ethyl adjacent to an activating group) is 1. The Bertz CT molecular complexity index is 846. The molecule has 8 nitrogen and oxygen atoms in total. The molecule has 2 aliphatic rings. The highest BCUT2D eigenvalue weighted by Gasteiger charge is 2.27. The second-order valence-corrected chi connectivity index (χ2v) is 7.78. The number of ether oxygens (including phenoxy) is 1. The third-order valence-electron chi connectivity index (χ3n) is 5.53. The molecular weight excluding hydrogens is 392 g/mol. The van der Waals surface area contributed by atoms with Crippen LogP contribution >= 0.6 is 11.6 Å². The first-order valence-electron chi connectivity index (χ1n) is 9.91. The molecule has 2 aromatic rings. The highest BCUT2D eigenvalue weighted by atomic mass is 35.5. The van der Waals surface area contributed by atoms with Gasteiger partial charge in [-0.25, -0.2) is 4.98 Å². The summed E-state index contributed by atoms with van der Waals surface area (Å²) in [6, 6.07) is 5.85. The van der Waals surface area contributed by atoms with Crippen LogP contribution in [0, 0.1) is 0 Å². The summed E-state index contributed by atoms with van der Waals surface area (Å²) >= 11 is 6.54. The second kappa shape index (κ2) is 8.92. The molecule has 154 valence electrons. The summed E-state index contributed by atoms with van der Waals surface area (Å²) in [5.74, 6) is 1.52. The number of piperidine rings is 1. The van der Waals surface area contributed by atoms with E-state index >= 15 is 0 Å². The van der Waals surface area contributed by atoms with Gasteiger partial charge in [0.25, 0.3) is 5.91 Å². The van der Waals surface area contributed by atoms with Gasteiger partial charge in [0.15, 0.2) is 5.82 Å². The van der Waals surface area contributed by atoms with E-state index in [9.17, 15) is 4.79 Å². The number of pyridine rings is 1. The Morgan fingerprint density at radius 2 is 2.14 bits per heavy atom. The second-order valence-electron chi connectivity index (χ2n) is 7.37. The van der Waals surface area contributed by atoms with Gasteiger partial charge in [-0.3, -0.25) is 4.79 Å². The molecule has 4 heterocycles. The number of aromatic nitrogens is 3. The summed E-state index contributed by atoms with van der Waals surface area (Å²) < 4.78 is 5.31. The van der Waals surface area contributed by atoms with E-state index in [4.69, 9.17) is 16.3 Å². The van der Waals surface area contributed by atoms with Crippen molar-refractivity contribution in [3.63, 3.8) is 0 Å². The highest BCUT2D eigenvalue weighted by molar-refractivity contribution is 6.33. The topological polar surface area (TPSA) is 74.7 Å². The normalized spacial score (nSPS) is 19.9. The number of rotatable bonds is 4. The van der Waals surface area contributed by atoms with E-state index in [2.05, 4.69) is 25.0 Å². The summed E-state index contributed by atoms with van der Waals surface area (Å²) in [5.41, 5.74) is 0.513. The average molecular weight is 417 g/mol. The molecular formula is C20H25ClN6O2. The monoisotopic (exact) mass is 416 g/mol. The van der Waals surface area contributed by atoms with Crippen LogP contribution in [0.3, 0.4) is 0 Å². The molecule has 2 saturated heterocycles. The molecule has 9 heteroatoms. The zero-order valence-electron chi connectivity index (χ0n) is 16.5. The van der Waals surface area contributed by atoms with Crippen LogP contribution in [0.2, 0.25) is 5.02 Å². The van der Waals surface area contributed by atoms with E-state index in [0.717, 1.165) is 31.7 Å². The first-order chi connectivity index (χ1) is 14.1. The van der Waals surface area contributed by atoms with Gasteiger partial charge in [0.2, 0.25) is 0 Å². The van der Waals surface area contributed by atoms with Crippen molar-refractivity contribution >= 4 is 29.1 Å². The lowest BCUT2D eigenvalue weighted by Gasteiger charge is -2.38. The van der Waals surface area contributed by atoms with Crippen LogP contribution in [-0.2, 0) is 4.74 Å². The van der Waals surface area contributed by atoms with Gasteiger partial charge in [0, 0.05) is 51.7 Å². The largest absolute Gasteiger partial charge is 0.378 e. The minimum Gasteiger partial charge on any atom is -0.378 e. The average Bonchev–Trinajstić information content (AvgIpc) is 2.79. The Labute approximate surface area is 175 Å². The number of morpholine rings is 1. The van der Waals surface area contributed by atoms with Gasteiger partial charge < -0.3 is 19.4 Å². The Morgan fingerprint density at radius 1 is 1.31 bits per heavy atom. The molecule has 0 bridgehead atoms. The van der Waals surface area contributed by atoms with Crippen LogP contribution in [0.1, 0.15) is 23.2 Å². The van der Waals surface area contributed by atoms with Gasteiger partial charge in [0.05, 0.1) is 23.8 Å². The molecule has 1 amide bonds. The summed E-state index contributed by atoms with van der Waals surface area (Å²) in [4.78, 5) is 23.3. The molecule has 2 fully saturated rings. The van der Waals surface area contributed by atoms with Gasteiger partial charge in [-0.15, -0.1) is 5.10 Å². The maximum atomic E-state index is 12.7. The van der Waals surface area contributed by atoms with Crippen molar-refractivity contribution in [2.75, 3.05) is 56.2 Å². The molecule has 2 aromatic heterocycles. The van der Waals surface area contributed by atoms with Crippen LogP contribution < -0.4 is 9.80 Å². The van der Waals surface area contributed by atoms with Crippen molar-refractivity contribution in [3.8, 4) is 0 Å². The molecule has 0 spiro atoms. The number of hydrogen-bond acceptors (Lipinski definition) is 7. The van der Waals surface area contributed by atoms with E-state index in [-0.39, 0.29) is 11.9 Å². The molecule has 0 radical (unpaired) electrons. The minimum atomic E-state index is -0.0524. The first-order valence-corrected chi connectivity index (χ1v) is 10.3. The zero-order valence-corrected chi connectivity index (χ0v) is 17.3. The van der Waals surface area contributed by atoms with Crippen LogP contribution in [0.5, 0.6) is 0 Å². The van der Waals surface area contributed by atoms with E-state index in [1.807, 2.05) is 19.2 Å². The van der Waals surface area contributed by atoms with Crippen molar-refractivity contribution < 1.29 is 9.53 Å². The van der Waals surface area contributed by atoms with Crippen molar-refractivity contribution in [3.05, 3.63) is 41.2 Å². The Kier molecular flexibility index (Phi) is 6.10. The van der Waals surface area contributed by atoms with Gasteiger partial charge in [-0.2, -0.15) is 5.10 Å². The van der Waals surface area contributed by atoms with Crippen molar-refractivity contribution in [1.29, 1.82) is 0 Å². The third-order valence-corrected chi connectivity index (χ3v) is 5.81. The Balaban J connectivity index is 1.46. The molecule has 2 aliphatic heterocycles. The van der Waals surface area contributed by atoms with Gasteiger partial charge >= 0.3 is 0 Å². The number of halogens is 1. The lowest BCUT2D eigenvalue weighted by Crippen LogP contribution is -2.47. The fraction of sp³-hybridized carbons (Fsp3) is 0.500. The fourth-order valence-corrected chi connectivity index (χ4v) is 4.17. The smallest absolute Gasteiger partial charge is 0.255 e. The van der Waals surface area contributed by atoms with Crippen molar-refractivity contribution in [1.82, 2.24) is 20.1 Å². The number of carbonyl (C=O) groups excluding carboxylic acids is 1. The molecule has 1 unspecified atom stereocenters. The van der Waals surface area contributed by atoms with E-state index in [1.54, 1.807) is 23.4 Å². The van der Waals surface area contributed by atoms with E-state index < -0.39 is 0 Å². The number of anilines is 2. The SMILES string of the molecule is CN(c1ncc(C(=O)N2CCOCC2)cc1Cl)C1CCCN(c2cccnn2)C1. The van der Waals surface area contributed by atoms with Gasteiger partial charge in [-0.05, 0) is 31.0 Å². The maximum absolute atomic E-state index is 12.7. The molecule has 0 aromatic carbocycles. The lowest BCUT2D eigenvalue weighted by molar-refractivity contribution is 0.0302. The van der Waals surface area contributed by atoms with E-state index in [0.29, 0.717) is 42.7 Å². The number of carbonyl (C=O) groups is 1. The third kappa shape index (κ3) is 4.43. The van der Waals surface area contributed by atoms with Crippen molar-refractivity contribution in [2.45, 2.75) is 18.9 Å². The zero-order chi connectivity index (χ0) is 20.2. The predicted octanol–water partition coefficient (Wildman–Crippen LogP) is 2.10. The number of nitrogens with zero attached hydrogens (tertiary/aromatic N) is 6. The molecule has 1 atom stereocenters. The summed E-state index contributed by atoms with van der Waals surface area (Å²) in [6.07, 6.45) is 5.40. The maximum Gasteiger partial charge on any atom is 0.255 e. The highest BCUT2D eigenvalue weighted by Crippen LogP contribution is 2.28. The van der Waals surface area contributed by atoms with Gasteiger partial charge in [-0.1, -0.05) is 11.6 Å². The minimum absolute atomic E-state index is 0.0524. The first kappa shape index (κ1) is 19.8. The van der Waals surface area contributed by atoms with Crippen LogP contribution in [0.25, 0.3) is 0 Å². The predicted molar refractivity (Wildman–Crippen MR) is 112 cm³/mol. The summed E-state index contributed by atoms with van der Waals surface area (Å²) in [6.45, 7) is 4.10. The molecule has 29 heavy (non-hydrogen) atoms. The number of amides is 1. The fourth-order valence-electron chi connectivity index (χ4n) is 3.87. The van der Waals surface area contributed by atoms with Crippen LogP contribution in [0.15, 0.2) is 30.6 Å². The molecule has 4 rings (SSSR count). The number of hydrogen-bond donors (Lipinski definition) is 0. The molecule has 0 aliphatic carbocycles. The molecule has 0 N–H and O–H groups in total. The van der Waals surface area contributed by atoms with Crippen LogP contribution in [-0.4, -0.2) is 78.5 Å². The quantitative estimate of drug-likeness (QED) is 0.755. The molecule has 0 saturated carbocycles. The summed E-state index contributed by atoms with van der Waals surface area (Å²) in [5, 5.41) is 8.70. The summed E-state index contributed by atoms with van der Waals surface area (Å²) in [7, 11) is 2.00. The van der Waals surface area contributed by atoms with E-state index in [1.165, 1.54) is 0 Å². The Morgan fingerprint density at radius 3 is 2.86 bits per heavy atom. The standard InChI is InChI=1S/C20H25ClN6O2/c1-25(16-4-3-7-27(14-16)18-5-2-6-23-24-18)19-17(21)12-15(13-22-19)20(28)26-8-10-29-11-9-26/h2,5-6,12-13,16H,3-4,7-11,14H2,1H3. The van der Waals surface area contributed by atoms with Crippen molar-refractivity contribution in [2.24, 2.45) is 0 Å². The van der Waals surface area contributed by atoms with Gasteiger partial charge in [0.1, 0.15) is 5.82 Å². The lowest BCUT2D eigenvalue weighted by atomic mass is 10.0. The van der Waals surface area contributed by atoms with Crippen LogP contribution in [0.4, 0.5) is 11.6 Å². The Hall–Kier alpha value is -2.45.